The standard InChI is InChI=1S/C12H8BrF3N2O2/c13-8-5-7(20-12(14,15)16)3-6-4-9-11(19)17-1-2-18(9)10(6)8/h3-5H,1-2H2,(H,17,19). The molecule has 2 aromatic rings. The number of fused-ring (bicyclic) bond motifs is 3. The van der Waals surface area contributed by atoms with E-state index in [1.165, 1.54) is 12.1 Å². The molecule has 0 atom stereocenters. The predicted molar refractivity (Wildman–Crippen MR) is 68.7 cm³/mol. The number of benzene rings is 1. The van der Waals surface area contributed by atoms with Crippen LogP contribution in [0, 0.1) is 0 Å². The Morgan fingerprint density at radius 2 is 2.05 bits per heavy atom. The van der Waals surface area contributed by atoms with E-state index in [1.807, 2.05) is 0 Å². The van der Waals surface area contributed by atoms with E-state index in [-0.39, 0.29) is 11.7 Å². The average Bonchev–Trinajstić information content (AvgIpc) is 2.66. The molecule has 0 radical (unpaired) electrons. The van der Waals surface area contributed by atoms with E-state index in [2.05, 4.69) is 26.0 Å². The third-order valence-electron chi connectivity index (χ3n) is 3.01. The number of carbonyl (C=O) groups is 1. The molecule has 0 unspecified atom stereocenters. The van der Waals surface area contributed by atoms with E-state index in [0.717, 1.165) is 0 Å². The number of hydrogen-bond donors (Lipinski definition) is 1. The van der Waals surface area contributed by atoms with Gasteiger partial charge in [-0.25, -0.2) is 0 Å². The zero-order valence-electron chi connectivity index (χ0n) is 9.92. The van der Waals surface area contributed by atoms with Crippen molar-refractivity contribution in [1.29, 1.82) is 0 Å². The van der Waals surface area contributed by atoms with Gasteiger partial charge in [-0.3, -0.25) is 4.79 Å². The van der Waals surface area contributed by atoms with Crippen molar-refractivity contribution in [2.24, 2.45) is 0 Å². The molecule has 1 aromatic carbocycles. The normalized spacial score (nSPS) is 15.1. The van der Waals surface area contributed by atoms with Crippen molar-refractivity contribution >= 4 is 32.7 Å². The van der Waals surface area contributed by atoms with Crippen LogP contribution >= 0.6 is 15.9 Å². The zero-order valence-corrected chi connectivity index (χ0v) is 11.5. The summed E-state index contributed by atoms with van der Waals surface area (Å²) in [5, 5.41) is 3.20. The van der Waals surface area contributed by atoms with Gasteiger partial charge in [0.15, 0.2) is 0 Å². The molecule has 1 aliphatic heterocycles. The van der Waals surface area contributed by atoms with Crippen molar-refractivity contribution < 1.29 is 22.7 Å². The molecule has 0 saturated heterocycles. The predicted octanol–water partition coefficient (Wildman–Crippen LogP) is 3.05. The minimum Gasteiger partial charge on any atom is -0.406 e. The number of carbonyl (C=O) groups excluding carboxylic acids is 1. The number of amides is 1. The van der Waals surface area contributed by atoms with E-state index >= 15 is 0 Å². The van der Waals surface area contributed by atoms with Crippen LogP contribution in [-0.2, 0) is 6.54 Å². The molecular weight excluding hydrogens is 341 g/mol. The van der Waals surface area contributed by atoms with Crippen molar-refractivity contribution in [1.82, 2.24) is 9.88 Å². The highest BCUT2D eigenvalue weighted by Gasteiger charge is 2.32. The van der Waals surface area contributed by atoms with E-state index in [4.69, 9.17) is 0 Å². The Morgan fingerprint density at radius 3 is 2.75 bits per heavy atom. The van der Waals surface area contributed by atoms with Crippen LogP contribution in [0.3, 0.4) is 0 Å². The highest BCUT2D eigenvalue weighted by Crippen LogP contribution is 2.34. The second-order valence-corrected chi connectivity index (χ2v) is 5.18. The molecule has 4 nitrogen and oxygen atoms in total. The molecule has 1 N–H and O–H groups in total. The molecular formula is C12H8BrF3N2O2. The van der Waals surface area contributed by atoms with Gasteiger partial charge in [-0.05, 0) is 34.1 Å². The maximum atomic E-state index is 12.3. The van der Waals surface area contributed by atoms with Crippen molar-refractivity contribution in [2.45, 2.75) is 12.9 Å². The Labute approximate surface area is 119 Å². The molecule has 1 aromatic heterocycles. The average molecular weight is 349 g/mol. The maximum Gasteiger partial charge on any atom is 0.573 e. The van der Waals surface area contributed by atoms with Gasteiger partial charge >= 0.3 is 6.36 Å². The van der Waals surface area contributed by atoms with Crippen LogP contribution in [0.25, 0.3) is 10.9 Å². The number of rotatable bonds is 1. The first-order valence-corrected chi connectivity index (χ1v) is 6.51. The van der Waals surface area contributed by atoms with Crippen molar-refractivity contribution in [3.63, 3.8) is 0 Å². The Balaban J connectivity index is 2.16. The van der Waals surface area contributed by atoms with Crippen molar-refractivity contribution in [3.05, 3.63) is 28.4 Å². The number of hydrogen-bond acceptors (Lipinski definition) is 2. The van der Waals surface area contributed by atoms with Crippen LogP contribution in [0.15, 0.2) is 22.7 Å². The molecule has 1 amide bonds. The van der Waals surface area contributed by atoms with Gasteiger partial charge in [0.1, 0.15) is 11.4 Å². The lowest BCUT2D eigenvalue weighted by Crippen LogP contribution is -2.34. The minimum absolute atomic E-state index is 0.238. The van der Waals surface area contributed by atoms with E-state index in [9.17, 15) is 18.0 Å². The summed E-state index contributed by atoms with van der Waals surface area (Å²) >= 11 is 3.23. The SMILES string of the molecule is O=C1NCCn2c1cc1cc(OC(F)(F)F)cc(Br)c12. The summed E-state index contributed by atoms with van der Waals surface area (Å²) in [7, 11) is 0. The topological polar surface area (TPSA) is 43.3 Å². The molecule has 1 aliphatic rings. The molecule has 0 bridgehead atoms. The number of halogens is 4. The second-order valence-electron chi connectivity index (χ2n) is 4.33. The fourth-order valence-corrected chi connectivity index (χ4v) is 2.99. The second kappa shape index (κ2) is 4.41. The van der Waals surface area contributed by atoms with E-state index < -0.39 is 6.36 Å². The number of nitrogens with zero attached hydrogens (tertiary/aromatic N) is 1. The van der Waals surface area contributed by atoms with Crippen molar-refractivity contribution in [3.8, 4) is 5.75 Å². The molecule has 0 fully saturated rings. The first kappa shape index (κ1) is 13.3. The maximum absolute atomic E-state index is 12.3. The molecule has 0 spiro atoms. The first-order chi connectivity index (χ1) is 9.35. The van der Waals surface area contributed by atoms with Gasteiger partial charge in [0.05, 0.1) is 5.52 Å². The highest BCUT2D eigenvalue weighted by atomic mass is 79.9. The molecule has 20 heavy (non-hydrogen) atoms. The Bertz CT molecular complexity index is 709. The Hall–Kier alpha value is -1.70. The van der Waals surface area contributed by atoms with E-state index in [0.29, 0.717) is 34.2 Å². The van der Waals surface area contributed by atoms with Gasteiger partial charge in [-0.15, -0.1) is 13.2 Å². The van der Waals surface area contributed by atoms with Gasteiger partial charge in [-0.2, -0.15) is 0 Å². The van der Waals surface area contributed by atoms with Crippen molar-refractivity contribution in [2.75, 3.05) is 6.54 Å². The lowest BCUT2D eigenvalue weighted by Gasteiger charge is -2.17. The number of nitrogens with one attached hydrogen (secondary N) is 1. The van der Waals surface area contributed by atoms with Crippen LogP contribution in [0.1, 0.15) is 10.5 Å². The van der Waals surface area contributed by atoms with Gasteiger partial charge in [0.2, 0.25) is 0 Å². The van der Waals surface area contributed by atoms with Gasteiger partial charge in [0, 0.05) is 22.9 Å². The zero-order chi connectivity index (χ0) is 14.5. The summed E-state index contributed by atoms with van der Waals surface area (Å²) in [4.78, 5) is 11.7. The summed E-state index contributed by atoms with van der Waals surface area (Å²) in [6.45, 7) is 1.06. The monoisotopic (exact) mass is 348 g/mol. The van der Waals surface area contributed by atoms with Crippen LogP contribution < -0.4 is 10.1 Å². The smallest absolute Gasteiger partial charge is 0.406 e. The number of alkyl halides is 3. The molecule has 3 rings (SSSR count). The van der Waals surface area contributed by atoms with Crippen LogP contribution in [0.5, 0.6) is 5.75 Å². The summed E-state index contributed by atoms with van der Waals surface area (Å²) in [6.07, 6.45) is -4.75. The van der Waals surface area contributed by atoms with Gasteiger partial charge in [-0.1, -0.05) is 0 Å². The first-order valence-electron chi connectivity index (χ1n) is 5.72. The molecule has 8 heteroatoms. The lowest BCUT2D eigenvalue weighted by atomic mass is 10.2. The molecule has 0 saturated carbocycles. The summed E-state index contributed by atoms with van der Waals surface area (Å²) < 4.78 is 42.9. The lowest BCUT2D eigenvalue weighted by molar-refractivity contribution is -0.274. The van der Waals surface area contributed by atoms with Gasteiger partial charge in [0.25, 0.3) is 5.91 Å². The summed E-state index contributed by atoms with van der Waals surface area (Å²) in [6, 6.07) is 4.07. The van der Waals surface area contributed by atoms with Crippen LogP contribution in [-0.4, -0.2) is 23.4 Å². The Morgan fingerprint density at radius 1 is 1.30 bits per heavy atom. The van der Waals surface area contributed by atoms with E-state index in [1.54, 1.807) is 10.6 Å². The third kappa shape index (κ3) is 2.24. The fourth-order valence-electron chi connectivity index (χ4n) is 2.32. The third-order valence-corrected chi connectivity index (χ3v) is 3.61. The molecule has 0 aliphatic carbocycles. The summed E-state index contributed by atoms with van der Waals surface area (Å²) in [5.41, 5.74) is 1.11. The fraction of sp³-hybridized carbons (Fsp3) is 0.250. The molecule has 106 valence electrons. The Kier molecular flexibility index (Phi) is 2.93. The quantitative estimate of drug-likeness (QED) is 0.860. The minimum atomic E-state index is -4.75. The largest absolute Gasteiger partial charge is 0.573 e. The van der Waals surface area contributed by atoms with Crippen LogP contribution in [0.2, 0.25) is 0 Å². The number of ether oxygens (including phenoxy) is 1. The van der Waals surface area contributed by atoms with Gasteiger partial charge < -0.3 is 14.6 Å². The van der Waals surface area contributed by atoms with Crippen LogP contribution in [0.4, 0.5) is 13.2 Å². The molecule has 2 heterocycles. The highest BCUT2D eigenvalue weighted by molar-refractivity contribution is 9.10. The number of aromatic nitrogens is 1. The summed E-state index contributed by atoms with van der Waals surface area (Å²) in [5.74, 6) is -0.558.